The molecule has 42 heavy (non-hydrogen) atoms. The summed E-state index contributed by atoms with van der Waals surface area (Å²) in [5.41, 5.74) is 0. The van der Waals surface area contributed by atoms with Crippen molar-refractivity contribution in [3.63, 3.8) is 0 Å². The first-order chi connectivity index (χ1) is 20.2. The first-order valence-electron chi connectivity index (χ1n) is 13.6. The van der Waals surface area contributed by atoms with Gasteiger partial charge < -0.3 is 67.1 Å². The maximum atomic E-state index is 13.9. The van der Waals surface area contributed by atoms with E-state index in [0.717, 1.165) is 0 Å². The quantitative estimate of drug-likeness (QED) is 0.0250. The highest BCUT2D eigenvalue weighted by Crippen LogP contribution is 2.41. The van der Waals surface area contributed by atoms with Crippen LogP contribution >= 0.6 is 43.8 Å². The minimum Gasteiger partial charge on any atom is -0.396 e. The Morgan fingerprint density at radius 3 is 1.02 bits per heavy atom. The molecule has 0 unspecified atom stereocenters. The molecule has 0 rings (SSSR count). The molecule has 0 radical (unpaired) electrons. The zero-order valence-corrected chi connectivity index (χ0v) is 27.4. The first-order valence-corrected chi connectivity index (χ1v) is 17.1. The van der Waals surface area contributed by atoms with Crippen LogP contribution in [-0.4, -0.2) is 178 Å². The van der Waals surface area contributed by atoms with Crippen LogP contribution in [0.3, 0.4) is 0 Å². The molecule has 0 heterocycles. The molecule has 0 aromatic rings. The van der Waals surface area contributed by atoms with Gasteiger partial charge in [-0.05, 0) is 43.1 Å². The van der Waals surface area contributed by atoms with E-state index in [9.17, 15) is 30.1 Å². The Labute approximate surface area is 264 Å². The minimum absolute atomic E-state index is 0.00164. The lowest BCUT2D eigenvalue weighted by Gasteiger charge is -2.26. The van der Waals surface area contributed by atoms with Crippen LogP contribution in [0.2, 0.25) is 0 Å². The number of rotatable bonds is 25. The molecule has 0 aliphatic carbocycles. The Hall–Kier alpha value is -1.06. The third-order valence-electron chi connectivity index (χ3n) is 5.69. The third kappa shape index (κ3) is 21.6. The Bertz CT molecular complexity index is 744. The Morgan fingerprint density at radius 1 is 0.476 bits per heavy atom. The van der Waals surface area contributed by atoms with E-state index in [1.54, 1.807) is 9.80 Å². The predicted octanol–water partition coefficient (Wildman–Crippen LogP) is -4.26. The number of aliphatic hydroxyl groups excluding tert-OH is 6. The van der Waals surface area contributed by atoms with Crippen molar-refractivity contribution in [2.75, 3.05) is 118 Å². The standard InChI is InChI=1S/C22H50N9O7PS3/c32-8-1-2-29(3-9-33)14-23-20(40)26-17-39(38,18-27-21(41)24-15-30(4-10-34)5-11-35)19-28-22(42)25-16-31(6-12-36)7-13-37/h32-37H,1-19H2,(H2,23,26,40)(H2,24,27,41)(H2,25,28,42). The number of nitrogens with zero attached hydrogens (tertiary/aromatic N) is 3. The largest absolute Gasteiger partial charge is 0.396 e. The highest BCUT2D eigenvalue weighted by Gasteiger charge is 2.24. The van der Waals surface area contributed by atoms with E-state index in [0.29, 0.717) is 52.4 Å². The topological polar surface area (TPSA) is 220 Å². The van der Waals surface area contributed by atoms with Crippen molar-refractivity contribution in [1.82, 2.24) is 46.6 Å². The average molecular weight is 680 g/mol. The Balaban J connectivity index is 5.13. The van der Waals surface area contributed by atoms with Gasteiger partial charge >= 0.3 is 0 Å². The van der Waals surface area contributed by atoms with Gasteiger partial charge in [0.15, 0.2) is 15.3 Å². The number of aliphatic hydroxyl groups is 6. The number of hydrogen-bond donors (Lipinski definition) is 12. The van der Waals surface area contributed by atoms with Gasteiger partial charge in [-0.3, -0.25) is 14.7 Å². The Morgan fingerprint density at radius 2 is 0.762 bits per heavy atom. The van der Waals surface area contributed by atoms with E-state index >= 15 is 0 Å². The summed E-state index contributed by atoms with van der Waals surface area (Å²) in [5, 5.41) is 73.6. The van der Waals surface area contributed by atoms with Gasteiger partial charge in [0.05, 0.1) is 71.9 Å². The maximum Gasteiger partial charge on any atom is 0.167 e. The summed E-state index contributed by atoms with van der Waals surface area (Å²) in [6, 6.07) is 0. The monoisotopic (exact) mass is 679 g/mol. The van der Waals surface area contributed by atoms with Crippen LogP contribution in [0.1, 0.15) is 6.42 Å². The lowest BCUT2D eigenvalue weighted by molar-refractivity contribution is 0.158. The van der Waals surface area contributed by atoms with Crippen LogP contribution in [0.15, 0.2) is 0 Å². The number of nitrogens with one attached hydrogen (secondary N) is 6. The van der Waals surface area contributed by atoms with Crippen LogP contribution in [-0.2, 0) is 4.57 Å². The Kier molecular flexibility index (Phi) is 25.7. The second-order valence-electron chi connectivity index (χ2n) is 9.10. The van der Waals surface area contributed by atoms with Crippen LogP contribution < -0.4 is 31.9 Å². The van der Waals surface area contributed by atoms with Gasteiger partial charge in [0, 0.05) is 45.9 Å². The van der Waals surface area contributed by atoms with Crippen molar-refractivity contribution in [2.24, 2.45) is 0 Å². The normalized spacial score (nSPS) is 11.5. The van der Waals surface area contributed by atoms with Crippen LogP contribution in [0.25, 0.3) is 0 Å². The smallest absolute Gasteiger partial charge is 0.167 e. The molecule has 12 N–H and O–H groups in total. The lowest BCUT2D eigenvalue weighted by Crippen LogP contribution is -2.47. The molecule has 0 amide bonds. The van der Waals surface area contributed by atoms with E-state index in [4.69, 9.17) is 41.8 Å². The maximum absolute atomic E-state index is 13.9. The molecule has 16 nitrogen and oxygen atoms in total. The average Bonchev–Trinajstić information content (AvgIpc) is 2.97. The third-order valence-corrected chi connectivity index (χ3v) is 8.76. The van der Waals surface area contributed by atoms with Crippen molar-refractivity contribution in [1.29, 1.82) is 0 Å². The van der Waals surface area contributed by atoms with Gasteiger partial charge in [-0.15, -0.1) is 0 Å². The summed E-state index contributed by atoms with van der Waals surface area (Å²) < 4.78 is 13.9. The molecule has 20 heteroatoms. The van der Waals surface area contributed by atoms with E-state index in [2.05, 4.69) is 31.9 Å². The predicted molar refractivity (Wildman–Crippen MR) is 175 cm³/mol. The van der Waals surface area contributed by atoms with Crippen molar-refractivity contribution in [3.05, 3.63) is 0 Å². The molecular weight excluding hydrogens is 629 g/mol. The summed E-state index contributed by atoms with van der Waals surface area (Å²) in [6.07, 6.45) is 0.547. The summed E-state index contributed by atoms with van der Waals surface area (Å²) in [5.74, 6) is 0. The van der Waals surface area contributed by atoms with Crippen LogP contribution in [0.5, 0.6) is 0 Å². The summed E-state index contributed by atoms with van der Waals surface area (Å²) in [4.78, 5) is 5.42. The van der Waals surface area contributed by atoms with Gasteiger partial charge in [-0.25, -0.2) is 0 Å². The van der Waals surface area contributed by atoms with E-state index in [1.165, 1.54) is 0 Å². The summed E-state index contributed by atoms with van der Waals surface area (Å²) in [7, 11) is -3.09. The first kappa shape index (κ1) is 40.9. The fourth-order valence-corrected chi connectivity index (χ4v) is 5.77. The molecule has 0 saturated heterocycles. The van der Waals surface area contributed by atoms with Crippen LogP contribution in [0.4, 0.5) is 0 Å². The van der Waals surface area contributed by atoms with Crippen molar-refractivity contribution >= 4 is 59.1 Å². The zero-order valence-electron chi connectivity index (χ0n) is 24.0. The highest BCUT2D eigenvalue weighted by molar-refractivity contribution is 7.80. The highest BCUT2D eigenvalue weighted by atomic mass is 32.1. The van der Waals surface area contributed by atoms with E-state index < -0.39 is 7.14 Å². The molecule has 0 bridgehead atoms. The van der Waals surface area contributed by atoms with E-state index in [1.807, 2.05) is 4.90 Å². The van der Waals surface area contributed by atoms with Gasteiger partial charge in [0.25, 0.3) is 0 Å². The van der Waals surface area contributed by atoms with Crippen molar-refractivity contribution in [2.45, 2.75) is 6.42 Å². The van der Waals surface area contributed by atoms with Crippen LogP contribution in [0, 0.1) is 0 Å². The van der Waals surface area contributed by atoms with Crippen molar-refractivity contribution in [3.8, 4) is 0 Å². The molecule has 248 valence electrons. The molecular formula is C22H50N9O7PS3. The molecule has 0 aromatic carbocycles. The number of thiocarbonyl (C=S) groups is 3. The number of hydrogen-bond acceptors (Lipinski definition) is 13. The summed E-state index contributed by atoms with van der Waals surface area (Å²) in [6.45, 7) is 2.91. The molecule has 0 aromatic heterocycles. The molecule has 0 fully saturated rings. The SMILES string of the molecule is O=P(CNC(=S)NCN(CCO)CCO)(CNC(=S)NCN(CCO)CCO)CNC(=S)NCN(CCO)CCCO. The second-order valence-corrected chi connectivity index (χ2v) is 13.4. The van der Waals surface area contributed by atoms with E-state index in [-0.39, 0.29) is 87.2 Å². The van der Waals surface area contributed by atoms with Gasteiger partial charge in [0.2, 0.25) is 0 Å². The minimum atomic E-state index is -3.09. The zero-order chi connectivity index (χ0) is 31.6. The van der Waals surface area contributed by atoms with Gasteiger partial charge in [0.1, 0.15) is 7.14 Å². The van der Waals surface area contributed by atoms with Gasteiger partial charge in [-0.2, -0.15) is 0 Å². The second kappa shape index (κ2) is 26.4. The molecule has 0 atom stereocenters. The lowest BCUT2D eigenvalue weighted by atomic mass is 10.4. The fraction of sp³-hybridized carbons (Fsp3) is 0.864. The summed E-state index contributed by atoms with van der Waals surface area (Å²) >= 11 is 16.0. The molecule has 0 saturated carbocycles. The molecule has 0 aliphatic heterocycles. The fourth-order valence-electron chi connectivity index (χ4n) is 3.36. The van der Waals surface area contributed by atoms with Crippen molar-refractivity contribution < 1.29 is 35.2 Å². The van der Waals surface area contributed by atoms with Gasteiger partial charge in [-0.1, -0.05) is 0 Å². The molecule has 0 spiro atoms. The molecule has 0 aliphatic rings.